The molecule has 0 unspecified atom stereocenters. The highest BCUT2D eigenvalue weighted by Gasteiger charge is 2.15. The summed E-state index contributed by atoms with van der Waals surface area (Å²) in [5, 5.41) is 5.56. The predicted molar refractivity (Wildman–Crippen MR) is 94.0 cm³/mol. The molecule has 0 fully saturated rings. The number of Topliss-reactive ketones (excluding diaryl/α,β-unsaturated/α-hetero) is 1. The van der Waals surface area contributed by atoms with E-state index >= 15 is 0 Å². The van der Waals surface area contributed by atoms with E-state index in [9.17, 15) is 14.4 Å². The van der Waals surface area contributed by atoms with Gasteiger partial charge in [0.15, 0.2) is 5.78 Å². The van der Waals surface area contributed by atoms with Gasteiger partial charge >= 0.3 is 0 Å². The van der Waals surface area contributed by atoms with Crippen molar-refractivity contribution in [3.63, 3.8) is 0 Å². The van der Waals surface area contributed by atoms with Gasteiger partial charge in [-0.3, -0.25) is 14.4 Å². The largest absolute Gasteiger partial charge is 0.491 e. The van der Waals surface area contributed by atoms with Crippen LogP contribution in [-0.2, 0) is 16.0 Å². The fraction of sp³-hybridized carbons (Fsp3) is 0.211. The van der Waals surface area contributed by atoms with Crippen LogP contribution in [0, 0.1) is 0 Å². The molecular weight excluding hydrogens is 320 g/mol. The molecule has 6 nitrogen and oxygen atoms in total. The third-order valence-electron chi connectivity index (χ3n) is 3.84. The molecule has 25 heavy (non-hydrogen) atoms. The molecule has 0 bridgehead atoms. The van der Waals surface area contributed by atoms with Gasteiger partial charge in [-0.15, -0.1) is 0 Å². The SMILES string of the molecule is CC(=O)c1ccc(NC(=O)Cc2ccc3c(c2)NC(=O)CCO3)cc1. The molecule has 2 amide bonds. The predicted octanol–water partition coefficient (Wildman–Crippen LogP) is 2.79. The minimum atomic E-state index is -0.184. The molecule has 0 spiro atoms. The average Bonchev–Trinajstić information content (AvgIpc) is 2.75. The fourth-order valence-corrected chi connectivity index (χ4v) is 2.56. The lowest BCUT2D eigenvalue weighted by Crippen LogP contribution is -2.15. The number of nitrogens with one attached hydrogen (secondary N) is 2. The van der Waals surface area contributed by atoms with E-state index in [1.165, 1.54) is 6.92 Å². The Morgan fingerprint density at radius 1 is 1.16 bits per heavy atom. The lowest BCUT2D eigenvalue weighted by molar-refractivity contribution is -0.116. The van der Waals surface area contributed by atoms with E-state index in [1.807, 2.05) is 0 Å². The zero-order chi connectivity index (χ0) is 17.8. The Labute approximate surface area is 145 Å². The van der Waals surface area contributed by atoms with Crippen LogP contribution in [0.1, 0.15) is 29.3 Å². The second-order valence-corrected chi connectivity index (χ2v) is 5.84. The van der Waals surface area contributed by atoms with Gasteiger partial charge in [-0.2, -0.15) is 0 Å². The number of ether oxygens (including phenoxy) is 1. The summed E-state index contributed by atoms with van der Waals surface area (Å²) in [7, 11) is 0. The molecular formula is C19H18N2O4. The highest BCUT2D eigenvalue weighted by atomic mass is 16.5. The second-order valence-electron chi connectivity index (χ2n) is 5.84. The van der Waals surface area contributed by atoms with Gasteiger partial charge in [-0.1, -0.05) is 6.07 Å². The van der Waals surface area contributed by atoms with Gasteiger partial charge in [-0.25, -0.2) is 0 Å². The minimum Gasteiger partial charge on any atom is -0.491 e. The molecule has 0 saturated carbocycles. The standard InChI is InChI=1S/C19H18N2O4/c1-12(22)14-3-5-15(6-4-14)20-19(24)11-13-2-7-17-16(10-13)21-18(23)8-9-25-17/h2-7,10H,8-9,11H2,1H3,(H,20,24)(H,21,23). The number of amides is 2. The lowest BCUT2D eigenvalue weighted by atomic mass is 10.1. The number of ketones is 1. The van der Waals surface area contributed by atoms with Crippen molar-refractivity contribution >= 4 is 29.0 Å². The van der Waals surface area contributed by atoms with E-state index in [-0.39, 0.29) is 24.0 Å². The quantitative estimate of drug-likeness (QED) is 0.840. The summed E-state index contributed by atoms with van der Waals surface area (Å²) < 4.78 is 5.49. The summed E-state index contributed by atoms with van der Waals surface area (Å²) in [5.74, 6) is 0.296. The molecule has 2 aromatic rings. The molecule has 3 rings (SSSR count). The van der Waals surface area contributed by atoms with Crippen molar-refractivity contribution in [1.29, 1.82) is 0 Å². The van der Waals surface area contributed by atoms with Crippen LogP contribution in [0.3, 0.4) is 0 Å². The van der Waals surface area contributed by atoms with Crippen molar-refractivity contribution in [2.75, 3.05) is 17.2 Å². The monoisotopic (exact) mass is 338 g/mol. The smallest absolute Gasteiger partial charge is 0.228 e. The molecule has 128 valence electrons. The fourth-order valence-electron chi connectivity index (χ4n) is 2.56. The van der Waals surface area contributed by atoms with E-state index in [4.69, 9.17) is 4.74 Å². The van der Waals surface area contributed by atoms with Crippen molar-refractivity contribution < 1.29 is 19.1 Å². The van der Waals surface area contributed by atoms with Gasteiger partial charge in [0.1, 0.15) is 5.75 Å². The number of hydrogen-bond donors (Lipinski definition) is 2. The maximum absolute atomic E-state index is 12.2. The Hall–Kier alpha value is -3.15. The highest BCUT2D eigenvalue weighted by molar-refractivity contribution is 5.96. The van der Waals surface area contributed by atoms with Crippen LogP contribution >= 0.6 is 0 Å². The summed E-state index contributed by atoms with van der Waals surface area (Å²) in [6.45, 7) is 1.84. The maximum atomic E-state index is 12.2. The topological polar surface area (TPSA) is 84.5 Å². The van der Waals surface area contributed by atoms with Crippen molar-refractivity contribution in [1.82, 2.24) is 0 Å². The first-order valence-electron chi connectivity index (χ1n) is 7.98. The Morgan fingerprint density at radius 2 is 1.92 bits per heavy atom. The van der Waals surface area contributed by atoms with Crippen molar-refractivity contribution in [3.05, 3.63) is 53.6 Å². The molecule has 2 aromatic carbocycles. The summed E-state index contributed by atoms with van der Waals surface area (Å²) >= 11 is 0. The maximum Gasteiger partial charge on any atom is 0.228 e. The summed E-state index contributed by atoms with van der Waals surface area (Å²) in [6, 6.07) is 12.0. The van der Waals surface area contributed by atoms with Crippen LogP contribution < -0.4 is 15.4 Å². The van der Waals surface area contributed by atoms with E-state index in [2.05, 4.69) is 10.6 Å². The van der Waals surface area contributed by atoms with Gasteiger partial charge < -0.3 is 15.4 Å². The van der Waals surface area contributed by atoms with Crippen LogP contribution in [0.2, 0.25) is 0 Å². The molecule has 1 heterocycles. The number of hydrogen-bond acceptors (Lipinski definition) is 4. The first kappa shape index (κ1) is 16.7. The Kier molecular flexibility index (Phi) is 4.79. The van der Waals surface area contributed by atoms with Crippen LogP contribution in [0.5, 0.6) is 5.75 Å². The Bertz CT molecular complexity index is 828. The third kappa shape index (κ3) is 4.23. The summed E-state index contributed by atoms with van der Waals surface area (Å²) in [5.41, 5.74) is 2.57. The van der Waals surface area contributed by atoms with Crippen LogP contribution in [0.15, 0.2) is 42.5 Å². The van der Waals surface area contributed by atoms with Crippen molar-refractivity contribution in [2.45, 2.75) is 19.8 Å². The molecule has 6 heteroatoms. The van der Waals surface area contributed by atoms with Gasteiger partial charge in [0.2, 0.25) is 11.8 Å². The number of carbonyl (C=O) groups excluding carboxylic acids is 3. The lowest BCUT2D eigenvalue weighted by Gasteiger charge is -2.10. The molecule has 1 aliphatic rings. The van der Waals surface area contributed by atoms with E-state index < -0.39 is 0 Å². The molecule has 1 aliphatic heterocycles. The average molecular weight is 338 g/mol. The van der Waals surface area contributed by atoms with E-state index in [0.29, 0.717) is 35.7 Å². The van der Waals surface area contributed by atoms with Gasteiger partial charge in [0, 0.05) is 11.3 Å². The first-order chi connectivity index (χ1) is 12.0. The number of anilines is 2. The number of carbonyl (C=O) groups is 3. The highest BCUT2D eigenvalue weighted by Crippen LogP contribution is 2.28. The normalized spacial score (nSPS) is 13.1. The van der Waals surface area contributed by atoms with Crippen LogP contribution in [-0.4, -0.2) is 24.2 Å². The molecule has 0 aromatic heterocycles. The number of rotatable bonds is 4. The molecule has 0 atom stereocenters. The van der Waals surface area contributed by atoms with Gasteiger partial charge in [0.25, 0.3) is 0 Å². The van der Waals surface area contributed by atoms with Gasteiger partial charge in [0.05, 0.1) is 25.1 Å². The minimum absolute atomic E-state index is 0.0212. The van der Waals surface area contributed by atoms with E-state index in [0.717, 1.165) is 5.56 Å². The molecule has 0 radical (unpaired) electrons. The summed E-state index contributed by atoms with van der Waals surface area (Å²) in [6.07, 6.45) is 0.471. The van der Waals surface area contributed by atoms with Crippen LogP contribution in [0.25, 0.3) is 0 Å². The zero-order valence-electron chi connectivity index (χ0n) is 13.8. The number of fused-ring (bicyclic) bond motifs is 1. The Balaban J connectivity index is 1.66. The van der Waals surface area contributed by atoms with E-state index in [1.54, 1.807) is 42.5 Å². The molecule has 2 N–H and O–H groups in total. The Morgan fingerprint density at radius 3 is 2.64 bits per heavy atom. The van der Waals surface area contributed by atoms with Crippen molar-refractivity contribution in [3.8, 4) is 5.75 Å². The zero-order valence-corrected chi connectivity index (χ0v) is 13.8. The second kappa shape index (κ2) is 7.17. The molecule has 0 aliphatic carbocycles. The van der Waals surface area contributed by atoms with Gasteiger partial charge in [-0.05, 0) is 48.9 Å². The van der Waals surface area contributed by atoms with Crippen LogP contribution in [0.4, 0.5) is 11.4 Å². The molecule has 0 saturated heterocycles. The third-order valence-corrected chi connectivity index (χ3v) is 3.84. The number of benzene rings is 2. The summed E-state index contributed by atoms with van der Waals surface area (Å²) in [4.78, 5) is 35.1. The van der Waals surface area contributed by atoms with Crippen molar-refractivity contribution in [2.24, 2.45) is 0 Å². The first-order valence-corrected chi connectivity index (χ1v) is 7.98.